The predicted octanol–water partition coefficient (Wildman–Crippen LogP) is 3.44. The van der Waals surface area contributed by atoms with E-state index in [1.54, 1.807) is 26.0 Å². The minimum Gasteiger partial charge on any atom is -0.462 e. The van der Waals surface area contributed by atoms with Gasteiger partial charge in [0, 0.05) is 13.0 Å². The number of carbonyl (C=O) groups excluding carboxylic acids is 3. The summed E-state index contributed by atoms with van der Waals surface area (Å²) in [6.45, 7) is 4.30. The Hall–Kier alpha value is -2.19. The fourth-order valence-electron chi connectivity index (χ4n) is 2.09. The van der Waals surface area contributed by atoms with Crippen LogP contribution < -0.4 is 10.6 Å². The number of amides is 2. The molecule has 0 aliphatic heterocycles. The summed E-state index contributed by atoms with van der Waals surface area (Å²) in [6.07, 6.45) is 0.828. The van der Waals surface area contributed by atoms with Crippen molar-refractivity contribution in [1.82, 2.24) is 5.32 Å². The molecule has 0 radical (unpaired) electrons. The highest BCUT2D eigenvalue weighted by Crippen LogP contribution is 2.27. The van der Waals surface area contributed by atoms with Gasteiger partial charge in [-0.3, -0.25) is 9.59 Å². The lowest BCUT2D eigenvalue weighted by Gasteiger charge is -2.04. The average molecular weight is 380 g/mol. The highest BCUT2D eigenvalue weighted by molar-refractivity contribution is 7.18. The van der Waals surface area contributed by atoms with E-state index in [2.05, 4.69) is 10.6 Å². The lowest BCUT2D eigenvalue weighted by Crippen LogP contribution is -2.24. The van der Waals surface area contributed by atoms with Crippen LogP contribution in [0.5, 0.6) is 0 Å². The van der Waals surface area contributed by atoms with Gasteiger partial charge in [-0.15, -0.1) is 22.7 Å². The molecule has 8 heteroatoms. The van der Waals surface area contributed by atoms with Crippen LogP contribution in [-0.2, 0) is 9.53 Å². The molecule has 0 fully saturated rings. The molecule has 25 heavy (non-hydrogen) atoms. The number of carbonyl (C=O) groups is 3. The molecule has 0 saturated heterocycles. The van der Waals surface area contributed by atoms with Gasteiger partial charge in [-0.2, -0.15) is 0 Å². The molecule has 2 amide bonds. The van der Waals surface area contributed by atoms with Gasteiger partial charge in [0.1, 0.15) is 4.88 Å². The fourth-order valence-corrected chi connectivity index (χ4v) is 3.71. The molecule has 2 aromatic rings. The molecule has 2 rings (SSSR count). The molecule has 2 heterocycles. The second kappa shape index (κ2) is 9.33. The maximum absolute atomic E-state index is 12.0. The van der Waals surface area contributed by atoms with Crippen LogP contribution in [0, 0.1) is 6.92 Å². The molecule has 0 aliphatic rings. The van der Waals surface area contributed by atoms with E-state index >= 15 is 0 Å². The third-order valence-corrected chi connectivity index (χ3v) is 5.25. The predicted molar refractivity (Wildman–Crippen MR) is 99.5 cm³/mol. The smallest absolute Gasteiger partial charge is 0.348 e. The van der Waals surface area contributed by atoms with Crippen molar-refractivity contribution >= 4 is 45.5 Å². The van der Waals surface area contributed by atoms with Gasteiger partial charge in [-0.1, -0.05) is 6.07 Å². The van der Waals surface area contributed by atoms with Crippen molar-refractivity contribution < 1.29 is 19.1 Å². The minimum atomic E-state index is -0.373. The zero-order chi connectivity index (χ0) is 18.2. The Morgan fingerprint density at radius 3 is 2.76 bits per heavy atom. The molecule has 0 aromatic carbocycles. The number of thiophene rings is 2. The highest BCUT2D eigenvalue weighted by atomic mass is 32.1. The number of rotatable bonds is 8. The summed E-state index contributed by atoms with van der Waals surface area (Å²) in [5.74, 6) is -0.646. The van der Waals surface area contributed by atoms with Crippen LogP contribution in [-0.4, -0.2) is 30.9 Å². The lowest BCUT2D eigenvalue weighted by atomic mass is 10.2. The van der Waals surface area contributed by atoms with E-state index in [0.29, 0.717) is 34.3 Å². The summed E-state index contributed by atoms with van der Waals surface area (Å²) >= 11 is 2.58. The zero-order valence-corrected chi connectivity index (χ0v) is 15.7. The third kappa shape index (κ3) is 5.68. The van der Waals surface area contributed by atoms with Crippen molar-refractivity contribution in [2.24, 2.45) is 0 Å². The van der Waals surface area contributed by atoms with Crippen molar-refractivity contribution in [2.75, 3.05) is 18.5 Å². The molecule has 2 aromatic heterocycles. The van der Waals surface area contributed by atoms with Crippen molar-refractivity contribution in [3.63, 3.8) is 0 Å². The summed E-state index contributed by atoms with van der Waals surface area (Å²) < 4.78 is 4.98. The number of esters is 1. The second-order valence-electron chi connectivity index (χ2n) is 5.23. The number of ether oxygens (including phenoxy) is 1. The molecule has 0 saturated carbocycles. The molecular formula is C17H20N2O4S2. The van der Waals surface area contributed by atoms with Crippen molar-refractivity contribution in [1.29, 1.82) is 0 Å². The van der Waals surface area contributed by atoms with Crippen LogP contribution in [0.2, 0.25) is 0 Å². The first-order valence-electron chi connectivity index (χ1n) is 7.90. The van der Waals surface area contributed by atoms with Crippen LogP contribution in [0.4, 0.5) is 5.00 Å². The largest absolute Gasteiger partial charge is 0.462 e. The zero-order valence-electron chi connectivity index (χ0n) is 14.1. The first-order chi connectivity index (χ1) is 12.0. The fraction of sp³-hybridized carbons (Fsp3) is 0.353. The summed E-state index contributed by atoms with van der Waals surface area (Å²) in [7, 11) is 0. The van der Waals surface area contributed by atoms with Gasteiger partial charge >= 0.3 is 5.97 Å². The van der Waals surface area contributed by atoms with E-state index in [1.165, 1.54) is 22.7 Å². The Morgan fingerprint density at radius 2 is 2.08 bits per heavy atom. The van der Waals surface area contributed by atoms with E-state index in [9.17, 15) is 14.4 Å². The van der Waals surface area contributed by atoms with Crippen LogP contribution in [0.15, 0.2) is 23.6 Å². The van der Waals surface area contributed by atoms with E-state index < -0.39 is 0 Å². The van der Waals surface area contributed by atoms with E-state index in [1.807, 2.05) is 11.4 Å². The highest BCUT2D eigenvalue weighted by Gasteiger charge is 2.15. The van der Waals surface area contributed by atoms with Gasteiger partial charge in [0.05, 0.1) is 16.5 Å². The summed E-state index contributed by atoms with van der Waals surface area (Å²) in [6, 6.07) is 5.33. The van der Waals surface area contributed by atoms with Gasteiger partial charge in [-0.05, 0) is 43.3 Å². The number of anilines is 1. The Labute approximate surface area is 154 Å². The van der Waals surface area contributed by atoms with Gasteiger partial charge in [0.2, 0.25) is 5.91 Å². The minimum absolute atomic E-state index is 0.122. The number of aryl methyl sites for hydroxylation is 1. The molecule has 0 aliphatic carbocycles. The van der Waals surface area contributed by atoms with Crippen LogP contribution in [0.3, 0.4) is 0 Å². The Kier molecular flexibility index (Phi) is 7.15. The van der Waals surface area contributed by atoms with Gasteiger partial charge in [-0.25, -0.2) is 4.79 Å². The Morgan fingerprint density at radius 1 is 1.28 bits per heavy atom. The van der Waals surface area contributed by atoms with Crippen LogP contribution >= 0.6 is 22.7 Å². The molecule has 6 nitrogen and oxygen atoms in total. The van der Waals surface area contributed by atoms with Crippen LogP contribution in [0.1, 0.15) is 44.7 Å². The molecule has 0 unspecified atom stereocenters. The monoisotopic (exact) mass is 380 g/mol. The van der Waals surface area contributed by atoms with E-state index in [4.69, 9.17) is 4.74 Å². The maximum atomic E-state index is 12.0. The Bertz CT molecular complexity index is 738. The number of hydrogen-bond donors (Lipinski definition) is 2. The van der Waals surface area contributed by atoms with Crippen molar-refractivity contribution in [2.45, 2.75) is 26.7 Å². The summed E-state index contributed by atoms with van der Waals surface area (Å²) in [5.41, 5.74) is 0.780. The number of nitrogens with one attached hydrogen (secondary N) is 2. The van der Waals surface area contributed by atoms with Gasteiger partial charge in [0.25, 0.3) is 5.91 Å². The van der Waals surface area contributed by atoms with Gasteiger partial charge < -0.3 is 15.4 Å². The molecule has 0 spiro atoms. The average Bonchev–Trinajstić information content (AvgIpc) is 3.21. The normalized spacial score (nSPS) is 10.3. The first kappa shape index (κ1) is 19.1. The lowest BCUT2D eigenvalue weighted by molar-refractivity contribution is -0.116. The first-order valence-corrected chi connectivity index (χ1v) is 9.60. The third-order valence-electron chi connectivity index (χ3n) is 3.25. The van der Waals surface area contributed by atoms with Gasteiger partial charge in [0.15, 0.2) is 0 Å². The van der Waals surface area contributed by atoms with Crippen molar-refractivity contribution in [3.8, 4) is 0 Å². The van der Waals surface area contributed by atoms with E-state index in [-0.39, 0.29) is 24.2 Å². The molecule has 2 N–H and O–H groups in total. The van der Waals surface area contributed by atoms with Crippen LogP contribution in [0.25, 0.3) is 0 Å². The molecular weight excluding hydrogens is 360 g/mol. The molecule has 0 bridgehead atoms. The van der Waals surface area contributed by atoms with Crippen molar-refractivity contribution in [3.05, 3.63) is 38.9 Å². The molecule has 0 atom stereocenters. The standard InChI is InChI=1S/C17H20N2O4S2/c1-3-23-17(22)15-11(2)10-14(25-15)19-13(20)7-4-8-18-16(21)12-6-5-9-24-12/h5-6,9-10H,3-4,7-8H2,1-2H3,(H,18,21)(H,19,20). The summed E-state index contributed by atoms with van der Waals surface area (Å²) in [5, 5.41) is 8.02. The molecule has 134 valence electrons. The Balaban J connectivity index is 1.74. The summed E-state index contributed by atoms with van der Waals surface area (Å²) in [4.78, 5) is 36.7. The number of hydrogen-bond acceptors (Lipinski definition) is 6. The second-order valence-corrected chi connectivity index (χ2v) is 7.23. The SMILES string of the molecule is CCOC(=O)c1sc(NC(=O)CCCNC(=O)c2cccs2)cc1C. The maximum Gasteiger partial charge on any atom is 0.348 e. The topological polar surface area (TPSA) is 84.5 Å². The van der Waals surface area contributed by atoms with E-state index in [0.717, 1.165) is 5.56 Å². The quantitative estimate of drug-likeness (QED) is 0.543.